The van der Waals surface area contributed by atoms with Gasteiger partial charge >= 0.3 is 0 Å². The summed E-state index contributed by atoms with van der Waals surface area (Å²) in [6.07, 6.45) is -6.88. The van der Waals surface area contributed by atoms with Crippen LogP contribution in [0, 0.1) is 0 Å². The van der Waals surface area contributed by atoms with Gasteiger partial charge in [-0.25, -0.2) is 4.98 Å². The van der Waals surface area contributed by atoms with Crippen LogP contribution in [0.15, 0.2) is 46.9 Å². The molecule has 0 spiro atoms. The molecule has 166 valence electrons. The van der Waals surface area contributed by atoms with Crippen molar-refractivity contribution in [3.05, 3.63) is 48.0 Å². The van der Waals surface area contributed by atoms with Crippen LogP contribution in [0.1, 0.15) is 16.8 Å². The lowest BCUT2D eigenvalue weighted by atomic mass is 10.1. The molecule has 0 aliphatic rings. The van der Waals surface area contributed by atoms with Gasteiger partial charge in [-0.05, 0) is 42.8 Å². The van der Waals surface area contributed by atoms with Gasteiger partial charge in [-0.2, -0.15) is 0 Å². The van der Waals surface area contributed by atoms with Crippen molar-refractivity contribution in [3.8, 4) is 17.2 Å². The van der Waals surface area contributed by atoms with Crippen LogP contribution >= 0.6 is 0 Å². The summed E-state index contributed by atoms with van der Waals surface area (Å²) in [6.45, 7) is -0.385. The van der Waals surface area contributed by atoms with Gasteiger partial charge in [0.1, 0.15) is 23.5 Å². The summed E-state index contributed by atoms with van der Waals surface area (Å²) in [4.78, 5) is 16.4. The van der Waals surface area contributed by atoms with Crippen molar-refractivity contribution in [1.29, 1.82) is 0 Å². The number of carbonyl (C=O) groups is 1. The third-order valence-electron chi connectivity index (χ3n) is 4.71. The molecule has 0 fully saturated rings. The van der Waals surface area contributed by atoms with E-state index < -0.39 is 24.6 Å². The fraction of sp³-hybridized carbons (Fsp3) is 0.333. The molecule has 4 atom stereocenters. The van der Waals surface area contributed by atoms with Gasteiger partial charge in [-0.3, -0.25) is 4.79 Å². The molecule has 1 heterocycles. The highest BCUT2D eigenvalue weighted by Crippen LogP contribution is 2.28. The van der Waals surface area contributed by atoms with Crippen LogP contribution in [-0.2, 0) is 0 Å². The molecular formula is C21H24N2O8. The Bertz CT molecular complexity index is 1020. The summed E-state index contributed by atoms with van der Waals surface area (Å²) in [5.74, 6) is 0.176. The van der Waals surface area contributed by atoms with Gasteiger partial charge in [0.05, 0.1) is 11.7 Å². The summed E-state index contributed by atoms with van der Waals surface area (Å²) in [7, 11) is 1.53. The maximum Gasteiger partial charge on any atom is 0.253 e. The SMILES string of the molecule is CNC(=O)c1cccc2oc(-c3ccc(OC(O)C(O)C(O)C(O)CCO)cc3)nc12. The Labute approximate surface area is 177 Å². The minimum atomic E-state index is -1.81. The number of nitrogens with zero attached hydrogens (tertiary/aromatic N) is 1. The van der Waals surface area contributed by atoms with E-state index in [1.54, 1.807) is 30.3 Å². The number of para-hydroxylation sites is 1. The van der Waals surface area contributed by atoms with E-state index in [1.807, 2.05) is 0 Å². The molecule has 1 aromatic heterocycles. The standard InChI is InChI=1S/C21H24N2O8/c1-22-19(28)13-3-2-4-15-16(13)23-20(31-15)11-5-7-12(8-6-11)30-21(29)18(27)17(26)14(25)9-10-24/h2-8,14,17-18,21,24-27,29H,9-10H2,1H3,(H,22,28). The number of rotatable bonds is 9. The van der Waals surface area contributed by atoms with Crippen LogP contribution in [0.25, 0.3) is 22.6 Å². The smallest absolute Gasteiger partial charge is 0.253 e. The van der Waals surface area contributed by atoms with Gasteiger partial charge in [-0.1, -0.05) is 6.07 Å². The molecular weight excluding hydrogens is 408 g/mol. The van der Waals surface area contributed by atoms with E-state index in [9.17, 15) is 25.2 Å². The number of fused-ring (bicyclic) bond motifs is 1. The zero-order valence-corrected chi connectivity index (χ0v) is 16.7. The third kappa shape index (κ3) is 5.01. The monoisotopic (exact) mass is 432 g/mol. The lowest BCUT2D eigenvalue weighted by Gasteiger charge is -2.26. The molecule has 2 aromatic carbocycles. The number of aliphatic hydroxyl groups is 5. The first-order valence-corrected chi connectivity index (χ1v) is 9.57. The van der Waals surface area contributed by atoms with E-state index in [0.29, 0.717) is 22.2 Å². The first kappa shape index (κ1) is 22.7. The van der Waals surface area contributed by atoms with Crippen LogP contribution in [0.4, 0.5) is 0 Å². The quantitative estimate of drug-likeness (QED) is 0.256. The van der Waals surface area contributed by atoms with Crippen molar-refractivity contribution >= 4 is 17.0 Å². The van der Waals surface area contributed by atoms with E-state index in [4.69, 9.17) is 14.3 Å². The predicted molar refractivity (Wildman–Crippen MR) is 109 cm³/mol. The van der Waals surface area contributed by atoms with Gasteiger partial charge < -0.3 is 40.0 Å². The third-order valence-corrected chi connectivity index (χ3v) is 4.71. The molecule has 0 saturated carbocycles. The van der Waals surface area contributed by atoms with E-state index in [-0.39, 0.29) is 30.6 Å². The number of ether oxygens (including phenoxy) is 1. The molecule has 6 N–H and O–H groups in total. The van der Waals surface area contributed by atoms with Crippen LogP contribution in [0.5, 0.6) is 5.75 Å². The highest BCUT2D eigenvalue weighted by atomic mass is 16.6. The van der Waals surface area contributed by atoms with Gasteiger partial charge in [0.2, 0.25) is 12.2 Å². The summed E-state index contributed by atoms with van der Waals surface area (Å²) in [6, 6.07) is 11.2. The van der Waals surface area contributed by atoms with Crippen molar-refractivity contribution in [3.63, 3.8) is 0 Å². The van der Waals surface area contributed by atoms with Crippen LogP contribution in [0.3, 0.4) is 0 Å². The highest BCUT2D eigenvalue weighted by Gasteiger charge is 2.31. The van der Waals surface area contributed by atoms with Crippen molar-refractivity contribution in [2.75, 3.05) is 13.7 Å². The van der Waals surface area contributed by atoms with E-state index in [0.717, 1.165) is 0 Å². The number of benzene rings is 2. The molecule has 0 radical (unpaired) electrons. The van der Waals surface area contributed by atoms with Gasteiger partial charge in [-0.15, -0.1) is 0 Å². The van der Waals surface area contributed by atoms with Crippen molar-refractivity contribution < 1.29 is 39.5 Å². The van der Waals surface area contributed by atoms with Crippen molar-refractivity contribution in [2.45, 2.75) is 31.0 Å². The van der Waals surface area contributed by atoms with Crippen molar-refractivity contribution in [1.82, 2.24) is 10.3 Å². The molecule has 0 aliphatic carbocycles. The zero-order chi connectivity index (χ0) is 22.5. The zero-order valence-electron chi connectivity index (χ0n) is 16.7. The Hall–Kier alpha value is -3.02. The average Bonchev–Trinajstić information content (AvgIpc) is 3.22. The number of amides is 1. The Morgan fingerprint density at radius 1 is 1.10 bits per heavy atom. The molecule has 31 heavy (non-hydrogen) atoms. The summed E-state index contributed by atoms with van der Waals surface area (Å²) in [5, 5.41) is 50.7. The van der Waals surface area contributed by atoms with Crippen LogP contribution < -0.4 is 10.1 Å². The molecule has 0 saturated heterocycles. The lowest BCUT2D eigenvalue weighted by molar-refractivity contribution is -0.166. The molecule has 0 bridgehead atoms. The molecule has 0 aliphatic heterocycles. The average molecular weight is 432 g/mol. The molecule has 3 aromatic rings. The topological polar surface area (TPSA) is 166 Å². The fourth-order valence-electron chi connectivity index (χ4n) is 2.97. The number of nitrogens with one attached hydrogen (secondary N) is 1. The van der Waals surface area contributed by atoms with Crippen LogP contribution in [-0.4, -0.2) is 74.7 Å². The molecule has 10 nitrogen and oxygen atoms in total. The molecule has 3 rings (SSSR count). The highest BCUT2D eigenvalue weighted by molar-refractivity contribution is 6.04. The number of aromatic nitrogens is 1. The van der Waals surface area contributed by atoms with E-state index in [1.165, 1.54) is 19.2 Å². The van der Waals surface area contributed by atoms with E-state index >= 15 is 0 Å². The summed E-state index contributed by atoms with van der Waals surface area (Å²) >= 11 is 0. The fourth-order valence-corrected chi connectivity index (χ4v) is 2.97. The largest absolute Gasteiger partial charge is 0.462 e. The number of oxazole rings is 1. The lowest BCUT2D eigenvalue weighted by Crippen LogP contribution is -2.46. The second kappa shape index (κ2) is 9.86. The van der Waals surface area contributed by atoms with Crippen molar-refractivity contribution in [2.24, 2.45) is 0 Å². The molecule has 4 unspecified atom stereocenters. The number of carbonyl (C=O) groups excluding carboxylic acids is 1. The first-order chi connectivity index (χ1) is 14.8. The minimum Gasteiger partial charge on any atom is -0.462 e. The van der Waals surface area contributed by atoms with Gasteiger partial charge in [0, 0.05) is 19.2 Å². The first-order valence-electron chi connectivity index (χ1n) is 9.57. The predicted octanol–water partition coefficient (Wildman–Crippen LogP) is 0.0167. The number of hydrogen-bond donors (Lipinski definition) is 6. The maximum atomic E-state index is 12.0. The summed E-state index contributed by atoms with van der Waals surface area (Å²) < 4.78 is 10.9. The van der Waals surface area contributed by atoms with Crippen LogP contribution in [0.2, 0.25) is 0 Å². The Balaban J connectivity index is 1.74. The molecule has 1 amide bonds. The summed E-state index contributed by atoms with van der Waals surface area (Å²) in [5.41, 5.74) is 1.84. The minimum absolute atomic E-state index is 0.161. The Morgan fingerprint density at radius 3 is 2.45 bits per heavy atom. The number of aliphatic hydroxyl groups excluding tert-OH is 5. The number of hydrogen-bond acceptors (Lipinski definition) is 9. The molecule has 10 heteroatoms. The maximum absolute atomic E-state index is 12.0. The Kier molecular flexibility index (Phi) is 7.21. The second-order valence-corrected chi connectivity index (χ2v) is 6.84. The second-order valence-electron chi connectivity index (χ2n) is 6.84. The van der Waals surface area contributed by atoms with Gasteiger partial charge in [0.15, 0.2) is 5.58 Å². The van der Waals surface area contributed by atoms with Gasteiger partial charge in [0.25, 0.3) is 5.91 Å². The van der Waals surface area contributed by atoms with E-state index in [2.05, 4.69) is 10.3 Å². The normalized spacial score (nSPS) is 15.3. The Morgan fingerprint density at radius 2 is 1.81 bits per heavy atom.